The van der Waals surface area contributed by atoms with Gasteiger partial charge in [-0.25, -0.2) is 0 Å². The summed E-state index contributed by atoms with van der Waals surface area (Å²) in [5.41, 5.74) is 8.44. The van der Waals surface area contributed by atoms with Gasteiger partial charge in [0.2, 0.25) is 0 Å². The zero-order valence-electron chi connectivity index (χ0n) is 7.92. The maximum absolute atomic E-state index is 5.54. The van der Waals surface area contributed by atoms with E-state index in [4.69, 9.17) is 5.73 Å². The van der Waals surface area contributed by atoms with E-state index < -0.39 is 0 Å². The lowest BCUT2D eigenvalue weighted by molar-refractivity contribution is 0.871. The van der Waals surface area contributed by atoms with E-state index in [-0.39, 0.29) is 0 Å². The Morgan fingerprint density at radius 2 is 2.38 bits per heavy atom. The van der Waals surface area contributed by atoms with Crippen LogP contribution in [0.3, 0.4) is 0 Å². The Labute approximate surface area is 83.7 Å². The molecule has 1 aromatic carbocycles. The first-order chi connectivity index (χ1) is 6.31. The normalized spacial score (nSPS) is 20.3. The van der Waals surface area contributed by atoms with Gasteiger partial charge in [-0.15, -0.1) is 11.8 Å². The van der Waals surface area contributed by atoms with Crippen molar-refractivity contribution >= 4 is 11.8 Å². The molecule has 0 radical (unpaired) electrons. The maximum atomic E-state index is 5.54. The molecule has 70 valence electrons. The smallest absolute Gasteiger partial charge is 0.0107 e. The molecular formula is C11H15NS. The summed E-state index contributed by atoms with van der Waals surface area (Å²) < 4.78 is 0. The second kappa shape index (κ2) is 3.72. The molecule has 1 nitrogen and oxygen atoms in total. The first-order valence-corrected chi connectivity index (χ1v) is 5.75. The Bertz CT molecular complexity index is 309. The second-order valence-electron chi connectivity index (χ2n) is 3.62. The average molecular weight is 193 g/mol. The predicted octanol–water partition coefficient (Wildman–Crippen LogP) is 2.40. The zero-order valence-corrected chi connectivity index (χ0v) is 8.73. The molecule has 13 heavy (non-hydrogen) atoms. The summed E-state index contributed by atoms with van der Waals surface area (Å²) in [6.07, 6.45) is 1.00. The molecule has 0 bridgehead atoms. The van der Waals surface area contributed by atoms with Gasteiger partial charge in [-0.1, -0.05) is 19.1 Å². The predicted molar refractivity (Wildman–Crippen MR) is 58.3 cm³/mol. The number of nitrogens with two attached hydrogens (primary N) is 1. The van der Waals surface area contributed by atoms with Gasteiger partial charge in [0.25, 0.3) is 0 Å². The van der Waals surface area contributed by atoms with Gasteiger partial charge in [0.15, 0.2) is 0 Å². The maximum Gasteiger partial charge on any atom is 0.0107 e. The highest BCUT2D eigenvalue weighted by atomic mass is 32.2. The molecule has 0 aromatic heterocycles. The largest absolute Gasteiger partial charge is 0.330 e. The van der Waals surface area contributed by atoms with Crippen LogP contribution in [-0.4, -0.2) is 12.3 Å². The van der Waals surface area contributed by atoms with Crippen LogP contribution in [0.1, 0.15) is 24.0 Å². The van der Waals surface area contributed by atoms with Gasteiger partial charge >= 0.3 is 0 Å². The standard InChI is InChI=1S/C11H15NS/c1-8-7-13-11-3-2-9(4-5-12)6-10(8)11/h2-3,6,8H,4-5,7,12H2,1H3. The Hall–Kier alpha value is -0.470. The van der Waals surface area contributed by atoms with Crippen LogP contribution < -0.4 is 5.73 Å². The van der Waals surface area contributed by atoms with Crippen molar-refractivity contribution in [3.05, 3.63) is 29.3 Å². The lowest BCUT2D eigenvalue weighted by Crippen LogP contribution is -2.03. The molecule has 1 atom stereocenters. The fraction of sp³-hybridized carbons (Fsp3) is 0.455. The summed E-state index contributed by atoms with van der Waals surface area (Å²) in [7, 11) is 0. The van der Waals surface area contributed by atoms with Gasteiger partial charge in [0.05, 0.1) is 0 Å². The third-order valence-corrected chi connectivity index (χ3v) is 3.88. The number of hydrogen-bond acceptors (Lipinski definition) is 2. The summed E-state index contributed by atoms with van der Waals surface area (Å²) >= 11 is 1.97. The monoisotopic (exact) mass is 193 g/mol. The number of fused-ring (bicyclic) bond motifs is 1. The number of benzene rings is 1. The van der Waals surface area contributed by atoms with E-state index in [1.165, 1.54) is 21.8 Å². The van der Waals surface area contributed by atoms with Gasteiger partial charge in [-0.2, -0.15) is 0 Å². The molecule has 2 heteroatoms. The molecule has 1 heterocycles. The molecule has 1 aromatic rings. The van der Waals surface area contributed by atoms with Crippen molar-refractivity contribution in [1.29, 1.82) is 0 Å². The Kier molecular flexibility index (Phi) is 2.61. The molecule has 0 aliphatic carbocycles. The molecule has 0 saturated heterocycles. The minimum absolute atomic E-state index is 0.720. The van der Waals surface area contributed by atoms with Gasteiger partial charge < -0.3 is 5.73 Å². The van der Waals surface area contributed by atoms with Gasteiger partial charge in [-0.05, 0) is 36.1 Å². The quantitative estimate of drug-likeness (QED) is 0.780. The summed E-state index contributed by atoms with van der Waals surface area (Å²) in [5, 5.41) is 0. The Morgan fingerprint density at radius 3 is 3.15 bits per heavy atom. The van der Waals surface area contributed by atoms with E-state index in [1.807, 2.05) is 11.8 Å². The molecule has 0 saturated carbocycles. The van der Waals surface area contributed by atoms with E-state index in [0.717, 1.165) is 18.9 Å². The summed E-state index contributed by atoms with van der Waals surface area (Å²) in [4.78, 5) is 1.47. The van der Waals surface area contributed by atoms with Crippen LogP contribution in [0.4, 0.5) is 0 Å². The first kappa shape index (κ1) is 9.10. The lowest BCUT2D eigenvalue weighted by atomic mass is 10.00. The van der Waals surface area contributed by atoms with E-state index in [0.29, 0.717) is 0 Å². The third kappa shape index (κ3) is 1.74. The molecule has 0 amide bonds. The molecule has 2 rings (SSSR count). The van der Waals surface area contributed by atoms with E-state index in [2.05, 4.69) is 25.1 Å². The highest BCUT2D eigenvalue weighted by molar-refractivity contribution is 7.99. The first-order valence-electron chi connectivity index (χ1n) is 4.77. The lowest BCUT2D eigenvalue weighted by Gasteiger charge is -2.05. The number of rotatable bonds is 2. The van der Waals surface area contributed by atoms with Crippen molar-refractivity contribution in [2.24, 2.45) is 5.73 Å². The van der Waals surface area contributed by atoms with Crippen LogP contribution >= 0.6 is 11.8 Å². The van der Waals surface area contributed by atoms with Gasteiger partial charge in [0.1, 0.15) is 0 Å². The van der Waals surface area contributed by atoms with Crippen molar-refractivity contribution in [2.75, 3.05) is 12.3 Å². The van der Waals surface area contributed by atoms with Crippen molar-refractivity contribution < 1.29 is 0 Å². The van der Waals surface area contributed by atoms with E-state index in [9.17, 15) is 0 Å². The highest BCUT2D eigenvalue weighted by Gasteiger charge is 2.18. The molecular weight excluding hydrogens is 178 g/mol. The summed E-state index contributed by atoms with van der Waals surface area (Å²) in [6, 6.07) is 6.78. The summed E-state index contributed by atoms with van der Waals surface area (Å²) in [5.74, 6) is 1.96. The van der Waals surface area contributed by atoms with Gasteiger partial charge in [-0.3, -0.25) is 0 Å². The molecule has 0 spiro atoms. The summed E-state index contributed by atoms with van der Waals surface area (Å²) in [6.45, 7) is 3.05. The third-order valence-electron chi connectivity index (χ3n) is 2.53. The molecule has 0 fully saturated rings. The average Bonchev–Trinajstić information content (AvgIpc) is 2.49. The fourth-order valence-electron chi connectivity index (χ4n) is 1.74. The Balaban J connectivity index is 2.31. The van der Waals surface area contributed by atoms with Crippen molar-refractivity contribution in [3.63, 3.8) is 0 Å². The van der Waals surface area contributed by atoms with Crippen LogP contribution in [0.5, 0.6) is 0 Å². The van der Waals surface area contributed by atoms with Crippen molar-refractivity contribution in [1.82, 2.24) is 0 Å². The van der Waals surface area contributed by atoms with Crippen LogP contribution in [0.15, 0.2) is 23.1 Å². The minimum atomic E-state index is 0.720. The van der Waals surface area contributed by atoms with Crippen LogP contribution in [0, 0.1) is 0 Å². The molecule has 1 aliphatic heterocycles. The van der Waals surface area contributed by atoms with E-state index in [1.54, 1.807) is 0 Å². The minimum Gasteiger partial charge on any atom is -0.330 e. The van der Waals surface area contributed by atoms with Crippen molar-refractivity contribution in [3.8, 4) is 0 Å². The van der Waals surface area contributed by atoms with Gasteiger partial charge in [0, 0.05) is 10.6 Å². The Morgan fingerprint density at radius 1 is 1.54 bits per heavy atom. The number of hydrogen-bond donors (Lipinski definition) is 1. The highest BCUT2D eigenvalue weighted by Crippen LogP contribution is 2.39. The zero-order chi connectivity index (χ0) is 9.26. The van der Waals surface area contributed by atoms with Crippen molar-refractivity contribution in [2.45, 2.75) is 24.2 Å². The van der Waals surface area contributed by atoms with E-state index >= 15 is 0 Å². The molecule has 1 unspecified atom stereocenters. The van der Waals surface area contributed by atoms with Crippen LogP contribution in [0.2, 0.25) is 0 Å². The van der Waals surface area contributed by atoms with Crippen LogP contribution in [0.25, 0.3) is 0 Å². The molecule has 1 aliphatic rings. The topological polar surface area (TPSA) is 26.0 Å². The number of thioether (sulfide) groups is 1. The second-order valence-corrected chi connectivity index (χ2v) is 4.68. The molecule has 2 N–H and O–H groups in total. The fourth-order valence-corrected chi connectivity index (χ4v) is 2.94. The van der Waals surface area contributed by atoms with Crippen LogP contribution in [-0.2, 0) is 6.42 Å². The SMILES string of the molecule is CC1CSc2ccc(CCN)cc21.